The maximum Gasteiger partial charge on any atom is 0.138 e. The van der Waals surface area contributed by atoms with Crippen molar-refractivity contribution in [2.75, 3.05) is 0 Å². The quantitative estimate of drug-likeness (QED) is 0.615. The van der Waals surface area contributed by atoms with Gasteiger partial charge >= 0.3 is 0 Å². The standard InChI is InChI=1S/C14H11BrO/c1-2-9-7-10(15)8-12-11-5-3-4-6-13(11)16-14(9)12/h3-8H,2H2,1H3. The van der Waals surface area contributed by atoms with E-state index in [2.05, 4.69) is 41.1 Å². The van der Waals surface area contributed by atoms with Crippen LogP contribution < -0.4 is 0 Å². The number of halogens is 1. The predicted octanol–water partition coefficient (Wildman–Crippen LogP) is 4.91. The fourth-order valence-electron chi connectivity index (χ4n) is 2.12. The van der Waals surface area contributed by atoms with Crippen LogP contribution in [0.1, 0.15) is 12.5 Å². The number of fused-ring (bicyclic) bond motifs is 3. The normalized spacial score (nSPS) is 11.4. The molecule has 0 fully saturated rings. The van der Waals surface area contributed by atoms with Gasteiger partial charge in [0.05, 0.1) is 0 Å². The molecule has 0 aliphatic rings. The Bertz CT molecular complexity index is 667. The molecule has 3 rings (SSSR count). The summed E-state index contributed by atoms with van der Waals surface area (Å²) in [5, 5.41) is 2.38. The SMILES string of the molecule is CCc1cc(Br)cc2c1oc1ccccc12. The highest BCUT2D eigenvalue weighted by Gasteiger charge is 2.10. The zero-order chi connectivity index (χ0) is 11.1. The zero-order valence-corrected chi connectivity index (χ0v) is 10.5. The van der Waals surface area contributed by atoms with Crippen LogP contribution in [-0.2, 0) is 6.42 Å². The molecule has 0 saturated carbocycles. The van der Waals surface area contributed by atoms with E-state index in [1.807, 2.05) is 18.2 Å². The van der Waals surface area contributed by atoms with E-state index in [-0.39, 0.29) is 0 Å². The molecule has 1 aromatic heterocycles. The van der Waals surface area contributed by atoms with Crippen molar-refractivity contribution in [3.63, 3.8) is 0 Å². The van der Waals surface area contributed by atoms with Crippen LogP contribution in [0.5, 0.6) is 0 Å². The van der Waals surface area contributed by atoms with Gasteiger partial charge in [0.1, 0.15) is 11.2 Å². The molecule has 1 nitrogen and oxygen atoms in total. The molecule has 0 bridgehead atoms. The third-order valence-corrected chi connectivity index (χ3v) is 3.36. The molecule has 80 valence electrons. The minimum atomic E-state index is 0.963. The lowest BCUT2D eigenvalue weighted by atomic mass is 10.1. The topological polar surface area (TPSA) is 13.1 Å². The van der Waals surface area contributed by atoms with E-state index in [1.54, 1.807) is 0 Å². The summed E-state index contributed by atoms with van der Waals surface area (Å²) in [6, 6.07) is 12.4. The monoisotopic (exact) mass is 274 g/mol. The summed E-state index contributed by atoms with van der Waals surface area (Å²) in [5.41, 5.74) is 3.23. The van der Waals surface area contributed by atoms with Crippen LogP contribution >= 0.6 is 15.9 Å². The van der Waals surface area contributed by atoms with Gasteiger partial charge in [-0.1, -0.05) is 41.1 Å². The average Bonchev–Trinajstić information content (AvgIpc) is 2.67. The van der Waals surface area contributed by atoms with Gasteiger partial charge in [-0.05, 0) is 30.2 Å². The highest BCUT2D eigenvalue weighted by Crippen LogP contribution is 2.33. The summed E-state index contributed by atoms with van der Waals surface area (Å²) in [5.74, 6) is 0. The molecule has 0 radical (unpaired) electrons. The lowest BCUT2D eigenvalue weighted by molar-refractivity contribution is 0.663. The Kier molecular flexibility index (Phi) is 2.25. The van der Waals surface area contributed by atoms with Crippen LogP contribution in [0.2, 0.25) is 0 Å². The van der Waals surface area contributed by atoms with Crippen LogP contribution in [0.3, 0.4) is 0 Å². The van der Waals surface area contributed by atoms with Gasteiger partial charge in [-0.15, -0.1) is 0 Å². The van der Waals surface area contributed by atoms with Gasteiger partial charge in [0.15, 0.2) is 0 Å². The van der Waals surface area contributed by atoms with Crippen LogP contribution in [0, 0.1) is 0 Å². The van der Waals surface area contributed by atoms with Crippen LogP contribution in [0.25, 0.3) is 21.9 Å². The van der Waals surface area contributed by atoms with Crippen molar-refractivity contribution in [1.82, 2.24) is 0 Å². The number of furan rings is 1. The van der Waals surface area contributed by atoms with Crippen molar-refractivity contribution in [3.05, 3.63) is 46.4 Å². The van der Waals surface area contributed by atoms with E-state index in [1.165, 1.54) is 16.3 Å². The van der Waals surface area contributed by atoms with Crippen molar-refractivity contribution < 1.29 is 4.42 Å². The first kappa shape index (κ1) is 9.91. The van der Waals surface area contributed by atoms with Gasteiger partial charge in [0.25, 0.3) is 0 Å². The van der Waals surface area contributed by atoms with Gasteiger partial charge in [-0.25, -0.2) is 0 Å². The van der Waals surface area contributed by atoms with Gasteiger partial charge in [0, 0.05) is 15.2 Å². The molecule has 0 saturated heterocycles. The van der Waals surface area contributed by atoms with E-state index in [0.717, 1.165) is 22.1 Å². The zero-order valence-electron chi connectivity index (χ0n) is 8.96. The fourth-order valence-corrected chi connectivity index (χ4v) is 2.63. The van der Waals surface area contributed by atoms with Crippen molar-refractivity contribution in [3.8, 4) is 0 Å². The maximum absolute atomic E-state index is 5.91. The lowest BCUT2D eigenvalue weighted by Crippen LogP contribution is -1.80. The molecule has 2 heteroatoms. The van der Waals surface area contributed by atoms with Crippen molar-refractivity contribution in [2.24, 2.45) is 0 Å². The highest BCUT2D eigenvalue weighted by atomic mass is 79.9. The molecule has 0 aliphatic heterocycles. The van der Waals surface area contributed by atoms with E-state index in [0.29, 0.717) is 0 Å². The fraction of sp³-hybridized carbons (Fsp3) is 0.143. The molecule has 2 aromatic carbocycles. The Hall–Kier alpha value is -1.28. The number of aryl methyl sites for hydroxylation is 1. The largest absolute Gasteiger partial charge is 0.456 e. The minimum absolute atomic E-state index is 0.963. The van der Waals surface area contributed by atoms with Crippen molar-refractivity contribution >= 4 is 37.9 Å². The number of para-hydroxylation sites is 1. The predicted molar refractivity (Wildman–Crippen MR) is 70.8 cm³/mol. The molecule has 1 heterocycles. The summed E-state index contributed by atoms with van der Waals surface area (Å²) in [6.45, 7) is 2.15. The molecule has 0 aliphatic carbocycles. The molecule has 3 aromatic rings. The minimum Gasteiger partial charge on any atom is -0.456 e. The number of hydrogen-bond acceptors (Lipinski definition) is 1. The highest BCUT2D eigenvalue weighted by molar-refractivity contribution is 9.10. The summed E-state index contributed by atoms with van der Waals surface area (Å²) in [6.07, 6.45) is 0.982. The number of rotatable bonds is 1. The molecule has 16 heavy (non-hydrogen) atoms. The van der Waals surface area contributed by atoms with E-state index in [4.69, 9.17) is 4.42 Å². The summed E-state index contributed by atoms with van der Waals surface area (Å²) >= 11 is 3.55. The summed E-state index contributed by atoms with van der Waals surface area (Å²) in [7, 11) is 0. The molecule has 0 amide bonds. The first-order valence-electron chi connectivity index (χ1n) is 5.39. The first-order chi connectivity index (χ1) is 7.79. The molecule has 0 spiro atoms. The van der Waals surface area contributed by atoms with Gasteiger partial charge < -0.3 is 4.42 Å². The smallest absolute Gasteiger partial charge is 0.138 e. The number of benzene rings is 2. The lowest BCUT2D eigenvalue weighted by Gasteiger charge is -1.99. The Balaban J connectivity index is 2.54. The Labute approximate surface area is 102 Å². The molecule has 0 unspecified atom stereocenters. The van der Waals surface area contributed by atoms with Gasteiger partial charge in [-0.2, -0.15) is 0 Å². The molecular formula is C14H11BrO. The Morgan fingerprint density at radius 3 is 2.75 bits per heavy atom. The first-order valence-corrected chi connectivity index (χ1v) is 6.18. The summed E-state index contributed by atoms with van der Waals surface area (Å²) < 4.78 is 7.02. The second kappa shape index (κ2) is 3.63. The Morgan fingerprint density at radius 2 is 1.94 bits per heavy atom. The average molecular weight is 275 g/mol. The van der Waals surface area contributed by atoms with Crippen LogP contribution in [0.15, 0.2) is 45.3 Å². The van der Waals surface area contributed by atoms with E-state index in [9.17, 15) is 0 Å². The third kappa shape index (κ3) is 1.37. The maximum atomic E-state index is 5.91. The van der Waals surface area contributed by atoms with E-state index < -0.39 is 0 Å². The second-order valence-electron chi connectivity index (χ2n) is 3.89. The Morgan fingerprint density at radius 1 is 1.12 bits per heavy atom. The van der Waals surface area contributed by atoms with Crippen molar-refractivity contribution in [2.45, 2.75) is 13.3 Å². The number of hydrogen-bond donors (Lipinski definition) is 0. The van der Waals surface area contributed by atoms with Crippen LogP contribution in [-0.4, -0.2) is 0 Å². The second-order valence-corrected chi connectivity index (χ2v) is 4.81. The molecular weight excluding hydrogens is 264 g/mol. The molecule has 0 N–H and O–H groups in total. The summed E-state index contributed by atoms with van der Waals surface area (Å²) in [4.78, 5) is 0. The van der Waals surface area contributed by atoms with E-state index >= 15 is 0 Å². The van der Waals surface area contributed by atoms with Crippen molar-refractivity contribution in [1.29, 1.82) is 0 Å². The van der Waals surface area contributed by atoms with Crippen LogP contribution in [0.4, 0.5) is 0 Å². The van der Waals surface area contributed by atoms with Gasteiger partial charge in [-0.3, -0.25) is 0 Å². The third-order valence-electron chi connectivity index (χ3n) is 2.90. The molecule has 0 atom stereocenters. The van der Waals surface area contributed by atoms with Gasteiger partial charge in [0.2, 0.25) is 0 Å².